The first-order valence-electron chi connectivity index (χ1n) is 7.49. The molecule has 4 aromatic rings. The summed E-state index contributed by atoms with van der Waals surface area (Å²) in [5.41, 5.74) is 12.8. The first kappa shape index (κ1) is 14.5. The first-order chi connectivity index (χ1) is 11.7. The number of imidazole rings is 1. The molecule has 0 radical (unpaired) electrons. The summed E-state index contributed by atoms with van der Waals surface area (Å²) < 4.78 is 9.18. The van der Waals surface area contributed by atoms with Crippen LogP contribution >= 0.6 is 0 Å². The number of aromatic nitrogens is 6. The fourth-order valence-corrected chi connectivity index (χ4v) is 2.55. The van der Waals surface area contributed by atoms with Gasteiger partial charge in [0.2, 0.25) is 5.82 Å². The maximum absolute atomic E-state index is 5.58. The number of aryl methyl sites for hydroxylation is 2. The second-order valence-corrected chi connectivity index (χ2v) is 5.37. The maximum atomic E-state index is 5.58. The summed E-state index contributed by atoms with van der Waals surface area (Å²) >= 11 is 0. The predicted octanol–water partition coefficient (Wildman–Crippen LogP) is 0.899. The van der Waals surface area contributed by atoms with Crippen LogP contribution < -0.4 is 11.5 Å². The van der Waals surface area contributed by atoms with Gasteiger partial charge in [0.05, 0.1) is 18.4 Å². The summed E-state index contributed by atoms with van der Waals surface area (Å²) in [4.78, 5) is 8.28. The fourth-order valence-electron chi connectivity index (χ4n) is 2.55. The summed E-state index contributed by atoms with van der Waals surface area (Å²) in [6, 6.07) is 7.89. The standard InChI is InChI=1S/C15H16N8O/c16-13(17)14-19-15(24-21-14)12-10-3-1-2-4-11(10)23(20-12)8-7-22-6-5-18-9-22/h1-6,9,13H,7-8,16-17H2. The van der Waals surface area contributed by atoms with E-state index in [9.17, 15) is 0 Å². The summed E-state index contributed by atoms with van der Waals surface area (Å²) in [6.45, 7) is 1.45. The molecule has 0 aliphatic carbocycles. The lowest BCUT2D eigenvalue weighted by atomic mass is 10.2. The number of benzene rings is 1. The Balaban J connectivity index is 1.72. The average molecular weight is 324 g/mol. The lowest BCUT2D eigenvalue weighted by Crippen LogP contribution is -2.21. The zero-order valence-electron chi connectivity index (χ0n) is 12.8. The summed E-state index contributed by atoms with van der Waals surface area (Å²) in [6.07, 6.45) is 4.67. The van der Waals surface area contributed by atoms with E-state index in [1.807, 2.05) is 39.7 Å². The minimum atomic E-state index is -0.780. The van der Waals surface area contributed by atoms with Crippen molar-refractivity contribution in [2.45, 2.75) is 19.3 Å². The van der Waals surface area contributed by atoms with Gasteiger partial charge in [0.15, 0.2) is 5.69 Å². The molecule has 0 aliphatic rings. The lowest BCUT2D eigenvalue weighted by Gasteiger charge is -2.04. The molecule has 4 N–H and O–H groups in total. The zero-order chi connectivity index (χ0) is 16.5. The van der Waals surface area contributed by atoms with E-state index in [4.69, 9.17) is 16.0 Å². The lowest BCUT2D eigenvalue weighted by molar-refractivity contribution is 0.415. The number of nitrogens with two attached hydrogens (primary N) is 2. The Morgan fingerprint density at radius 2 is 2.04 bits per heavy atom. The number of fused-ring (bicyclic) bond motifs is 1. The molecule has 0 unspecified atom stereocenters. The topological polar surface area (TPSA) is 127 Å². The van der Waals surface area contributed by atoms with Crippen molar-refractivity contribution in [2.24, 2.45) is 11.5 Å². The van der Waals surface area contributed by atoms with Gasteiger partial charge in [-0.3, -0.25) is 4.68 Å². The summed E-state index contributed by atoms with van der Waals surface area (Å²) in [5.74, 6) is 0.561. The highest BCUT2D eigenvalue weighted by Gasteiger charge is 2.19. The van der Waals surface area contributed by atoms with Crippen molar-refractivity contribution in [2.75, 3.05) is 0 Å². The van der Waals surface area contributed by atoms with Crippen molar-refractivity contribution in [3.63, 3.8) is 0 Å². The molecule has 0 saturated heterocycles. The minimum absolute atomic E-state index is 0.252. The third-order valence-corrected chi connectivity index (χ3v) is 3.73. The molecule has 0 fully saturated rings. The molecule has 9 heteroatoms. The number of nitrogens with zero attached hydrogens (tertiary/aromatic N) is 6. The van der Waals surface area contributed by atoms with Crippen LogP contribution in [0.25, 0.3) is 22.5 Å². The molecule has 4 rings (SSSR count). The van der Waals surface area contributed by atoms with Crippen LogP contribution in [0.5, 0.6) is 0 Å². The third-order valence-electron chi connectivity index (χ3n) is 3.73. The highest BCUT2D eigenvalue weighted by molar-refractivity contribution is 5.91. The van der Waals surface area contributed by atoms with E-state index in [1.54, 1.807) is 12.5 Å². The van der Waals surface area contributed by atoms with E-state index in [0.717, 1.165) is 17.4 Å². The molecule has 122 valence electrons. The van der Waals surface area contributed by atoms with Gasteiger partial charge in [-0.05, 0) is 6.07 Å². The smallest absolute Gasteiger partial charge is 0.279 e. The van der Waals surface area contributed by atoms with Gasteiger partial charge in [0.1, 0.15) is 6.17 Å². The van der Waals surface area contributed by atoms with Gasteiger partial charge >= 0.3 is 0 Å². The SMILES string of the molecule is NC(N)c1noc(-c2nn(CCn3ccnc3)c3ccccc23)n1. The largest absolute Gasteiger partial charge is 0.336 e. The predicted molar refractivity (Wildman–Crippen MR) is 86.4 cm³/mol. The van der Waals surface area contributed by atoms with Crippen LogP contribution in [0.1, 0.15) is 12.0 Å². The van der Waals surface area contributed by atoms with Gasteiger partial charge in [-0.2, -0.15) is 10.1 Å². The molecule has 3 aromatic heterocycles. The van der Waals surface area contributed by atoms with Crippen LogP contribution in [0.15, 0.2) is 47.5 Å². The number of hydrogen-bond donors (Lipinski definition) is 2. The molecular weight excluding hydrogens is 308 g/mol. The molecule has 9 nitrogen and oxygen atoms in total. The van der Waals surface area contributed by atoms with Crippen molar-refractivity contribution in [1.29, 1.82) is 0 Å². The van der Waals surface area contributed by atoms with E-state index in [-0.39, 0.29) is 5.82 Å². The van der Waals surface area contributed by atoms with Crippen molar-refractivity contribution in [3.8, 4) is 11.6 Å². The zero-order valence-corrected chi connectivity index (χ0v) is 12.8. The monoisotopic (exact) mass is 324 g/mol. The van der Waals surface area contributed by atoms with Crippen molar-refractivity contribution < 1.29 is 4.52 Å². The molecule has 0 spiro atoms. The molecular formula is C15H16N8O. The fraction of sp³-hybridized carbons (Fsp3) is 0.200. The Morgan fingerprint density at radius 1 is 1.17 bits per heavy atom. The van der Waals surface area contributed by atoms with E-state index in [0.29, 0.717) is 18.1 Å². The van der Waals surface area contributed by atoms with Crippen molar-refractivity contribution >= 4 is 10.9 Å². The van der Waals surface area contributed by atoms with Gasteiger partial charge in [-0.1, -0.05) is 23.4 Å². The Kier molecular flexibility index (Phi) is 3.56. The quantitative estimate of drug-likeness (QED) is 0.522. The number of rotatable bonds is 5. The molecule has 1 aromatic carbocycles. The van der Waals surface area contributed by atoms with Crippen LogP contribution in [0, 0.1) is 0 Å². The van der Waals surface area contributed by atoms with Crippen LogP contribution in [0.4, 0.5) is 0 Å². The van der Waals surface area contributed by atoms with E-state index in [1.165, 1.54) is 0 Å². The molecule has 0 aliphatic heterocycles. The van der Waals surface area contributed by atoms with Crippen LogP contribution in [0.2, 0.25) is 0 Å². The molecule has 0 amide bonds. The second kappa shape index (κ2) is 5.87. The van der Waals surface area contributed by atoms with Gasteiger partial charge in [-0.25, -0.2) is 4.98 Å². The highest BCUT2D eigenvalue weighted by atomic mass is 16.5. The summed E-state index contributed by atoms with van der Waals surface area (Å²) in [7, 11) is 0. The molecule has 24 heavy (non-hydrogen) atoms. The number of hydrogen-bond acceptors (Lipinski definition) is 7. The molecule has 3 heterocycles. The normalized spacial score (nSPS) is 11.6. The minimum Gasteiger partial charge on any atom is -0.336 e. The average Bonchev–Trinajstić information content (AvgIpc) is 3.32. The molecule has 0 saturated carbocycles. The Bertz CT molecular complexity index is 953. The van der Waals surface area contributed by atoms with Crippen LogP contribution in [0.3, 0.4) is 0 Å². The number of para-hydroxylation sites is 1. The Labute approximate surface area is 136 Å². The van der Waals surface area contributed by atoms with E-state index in [2.05, 4.69) is 20.2 Å². The van der Waals surface area contributed by atoms with Gasteiger partial charge in [0.25, 0.3) is 5.89 Å². The van der Waals surface area contributed by atoms with E-state index < -0.39 is 6.17 Å². The molecule has 0 bridgehead atoms. The van der Waals surface area contributed by atoms with E-state index >= 15 is 0 Å². The van der Waals surface area contributed by atoms with Crippen LogP contribution in [-0.4, -0.2) is 29.5 Å². The van der Waals surface area contributed by atoms with Gasteiger partial charge in [0, 0.05) is 24.3 Å². The summed E-state index contributed by atoms with van der Waals surface area (Å²) in [5, 5.41) is 9.37. The van der Waals surface area contributed by atoms with Crippen molar-refractivity contribution in [3.05, 3.63) is 48.8 Å². The third kappa shape index (κ3) is 2.55. The Hall–Kier alpha value is -3.04. The van der Waals surface area contributed by atoms with Crippen LogP contribution in [-0.2, 0) is 13.1 Å². The van der Waals surface area contributed by atoms with Gasteiger partial charge < -0.3 is 20.6 Å². The second-order valence-electron chi connectivity index (χ2n) is 5.37. The highest BCUT2D eigenvalue weighted by Crippen LogP contribution is 2.27. The molecule has 0 atom stereocenters. The maximum Gasteiger partial charge on any atom is 0.279 e. The first-order valence-corrected chi connectivity index (χ1v) is 7.49. The Morgan fingerprint density at radius 3 is 2.79 bits per heavy atom. The van der Waals surface area contributed by atoms with Crippen molar-refractivity contribution in [1.82, 2.24) is 29.5 Å². The van der Waals surface area contributed by atoms with Gasteiger partial charge in [-0.15, -0.1) is 0 Å².